The lowest BCUT2D eigenvalue weighted by Crippen LogP contribution is -2.24. The molecule has 2 rings (SSSR count). The molecule has 1 aliphatic rings. The molecule has 0 unspecified atom stereocenters. The third-order valence-electron chi connectivity index (χ3n) is 3.98. The third-order valence-corrected chi connectivity index (χ3v) is 4.47. The van der Waals surface area contributed by atoms with Crippen LogP contribution in [-0.2, 0) is 16.6 Å². The predicted octanol–water partition coefficient (Wildman–Crippen LogP) is 1.61. The molecule has 0 bridgehead atoms. The molecule has 6 heteroatoms. The van der Waals surface area contributed by atoms with Crippen LogP contribution < -0.4 is 14.8 Å². The summed E-state index contributed by atoms with van der Waals surface area (Å²) in [7, 11) is -3.74. The maximum atomic E-state index is 11.3. The number of rotatable bonds is 3. The highest BCUT2D eigenvalue weighted by Gasteiger charge is 2.26. The van der Waals surface area contributed by atoms with Crippen molar-refractivity contribution in [1.29, 1.82) is 0 Å². The lowest BCUT2D eigenvalue weighted by Gasteiger charge is -2.23. The molecule has 0 aromatic heterocycles. The van der Waals surface area contributed by atoms with E-state index < -0.39 is 10.2 Å². The molecule has 0 amide bonds. The second-order valence-corrected chi connectivity index (χ2v) is 6.35. The van der Waals surface area contributed by atoms with Crippen LogP contribution in [0.4, 0.5) is 11.4 Å². The summed E-state index contributed by atoms with van der Waals surface area (Å²) in [5.41, 5.74) is 6.20. The fourth-order valence-corrected chi connectivity index (χ4v) is 3.50. The molecule has 0 aliphatic carbocycles. The third kappa shape index (κ3) is 2.42. The van der Waals surface area contributed by atoms with Gasteiger partial charge in [0, 0.05) is 18.8 Å². The minimum atomic E-state index is -3.74. The Hall–Kier alpha value is -1.27. The lowest BCUT2D eigenvalue weighted by molar-refractivity contribution is 0.603. The molecule has 1 aromatic carbocycles. The fraction of sp³-hybridized carbons (Fsp3) is 0.538. The summed E-state index contributed by atoms with van der Waals surface area (Å²) in [5, 5.41) is 5.10. The molecule has 5 nitrogen and oxygen atoms in total. The molecular formula is C13H21N3O2S. The molecular weight excluding hydrogens is 262 g/mol. The Kier molecular flexibility index (Phi) is 3.49. The zero-order valence-corrected chi connectivity index (χ0v) is 12.7. The maximum Gasteiger partial charge on any atom is 0.296 e. The number of hydrogen-bond acceptors (Lipinski definition) is 3. The van der Waals surface area contributed by atoms with Gasteiger partial charge in [0.25, 0.3) is 10.2 Å². The lowest BCUT2D eigenvalue weighted by atomic mass is 9.95. The summed E-state index contributed by atoms with van der Waals surface area (Å²) >= 11 is 0. The van der Waals surface area contributed by atoms with Gasteiger partial charge in [-0.05, 0) is 56.4 Å². The zero-order chi connectivity index (χ0) is 14.4. The van der Waals surface area contributed by atoms with E-state index in [9.17, 15) is 8.42 Å². The van der Waals surface area contributed by atoms with Crippen molar-refractivity contribution in [2.75, 3.05) is 22.7 Å². The average Bonchev–Trinajstić information content (AvgIpc) is 2.74. The molecule has 1 heterocycles. The van der Waals surface area contributed by atoms with E-state index in [2.05, 4.69) is 16.5 Å². The molecule has 0 saturated heterocycles. The van der Waals surface area contributed by atoms with Crippen molar-refractivity contribution in [3.63, 3.8) is 0 Å². The van der Waals surface area contributed by atoms with E-state index in [1.807, 2.05) is 20.8 Å². The van der Waals surface area contributed by atoms with Crippen LogP contribution in [0, 0.1) is 20.8 Å². The number of likely N-dealkylation sites (N-methyl/N-ethyl adjacent to an activating group) is 1. The topological polar surface area (TPSA) is 75.4 Å². The summed E-state index contributed by atoms with van der Waals surface area (Å²) in [6, 6.07) is 0. The molecule has 1 aliphatic heterocycles. The monoisotopic (exact) mass is 283 g/mol. The first-order chi connectivity index (χ1) is 8.76. The summed E-state index contributed by atoms with van der Waals surface area (Å²) in [5.74, 6) is 0. The van der Waals surface area contributed by atoms with Crippen LogP contribution in [0.2, 0.25) is 0 Å². The molecule has 0 fully saturated rings. The van der Waals surface area contributed by atoms with E-state index in [0.29, 0.717) is 5.69 Å². The number of fused-ring (bicyclic) bond motifs is 1. The Morgan fingerprint density at radius 3 is 2.37 bits per heavy atom. The molecule has 0 atom stereocenters. The van der Waals surface area contributed by atoms with Gasteiger partial charge in [-0.1, -0.05) is 0 Å². The van der Waals surface area contributed by atoms with Crippen LogP contribution in [0.3, 0.4) is 0 Å². The van der Waals surface area contributed by atoms with E-state index in [1.54, 1.807) is 0 Å². The van der Waals surface area contributed by atoms with Crippen molar-refractivity contribution in [3.8, 4) is 0 Å². The summed E-state index contributed by atoms with van der Waals surface area (Å²) in [6.45, 7) is 10.0. The van der Waals surface area contributed by atoms with Gasteiger partial charge in [-0.25, -0.2) is 5.14 Å². The number of nitrogens with one attached hydrogen (secondary N) is 1. The van der Waals surface area contributed by atoms with Gasteiger partial charge in [-0.2, -0.15) is 8.42 Å². The first-order valence-corrected chi connectivity index (χ1v) is 7.99. The smallest absolute Gasteiger partial charge is 0.296 e. The van der Waals surface area contributed by atoms with Crippen LogP contribution in [0.15, 0.2) is 0 Å². The minimum Gasteiger partial charge on any atom is -0.371 e. The average molecular weight is 283 g/mol. The Balaban J connectivity index is 2.65. The van der Waals surface area contributed by atoms with Gasteiger partial charge < -0.3 is 4.90 Å². The first kappa shape index (κ1) is 14.1. The largest absolute Gasteiger partial charge is 0.371 e. The maximum absolute atomic E-state index is 11.3. The van der Waals surface area contributed by atoms with Gasteiger partial charge in [0.15, 0.2) is 0 Å². The van der Waals surface area contributed by atoms with Gasteiger partial charge in [0.2, 0.25) is 0 Å². The van der Waals surface area contributed by atoms with Gasteiger partial charge in [-0.3, -0.25) is 4.72 Å². The second-order valence-electron chi connectivity index (χ2n) is 5.05. The SMILES string of the molecule is CCN1CCc2c(C)c(NS(N)(=O)=O)c(C)c(C)c21. The van der Waals surface area contributed by atoms with Gasteiger partial charge in [0.05, 0.1) is 5.69 Å². The highest BCUT2D eigenvalue weighted by atomic mass is 32.2. The molecule has 3 N–H and O–H groups in total. The number of nitrogens with zero attached hydrogens (tertiary/aromatic N) is 1. The highest BCUT2D eigenvalue weighted by molar-refractivity contribution is 7.90. The molecule has 19 heavy (non-hydrogen) atoms. The first-order valence-electron chi connectivity index (χ1n) is 6.44. The van der Waals surface area contributed by atoms with Crippen LogP contribution in [0.25, 0.3) is 0 Å². The summed E-state index contributed by atoms with van der Waals surface area (Å²) < 4.78 is 25.0. The van der Waals surface area contributed by atoms with Crippen LogP contribution in [-0.4, -0.2) is 21.5 Å². The molecule has 0 saturated carbocycles. The predicted molar refractivity (Wildman–Crippen MR) is 79.0 cm³/mol. The van der Waals surface area contributed by atoms with Gasteiger partial charge >= 0.3 is 0 Å². The number of benzene rings is 1. The zero-order valence-electron chi connectivity index (χ0n) is 11.9. The molecule has 106 valence electrons. The normalized spacial score (nSPS) is 14.7. The Morgan fingerprint density at radius 1 is 1.21 bits per heavy atom. The van der Waals surface area contributed by atoms with E-state index in [-0.39, 0.29) is 0 Å². The van der Waals surface area contributed by atoms with Crippen LogP contribution >= 0.6 is 0 Å². The van der Waals surface area contributed by atoms with Crippen molar-refractivity contribution in [2.45, 2.75) is 34.1 Å². The number of nitrogens with two attached hydrogens (primary N) is 1. The Bertz CT molecular complexity index is 624. The molecule has 0 spiro atoms. The highest BCUT2D eigenvalue weighted by Crippen LogP contribution is 2.40. The van der Waals surface area contributed by atoms with Gasteiger partial charge in [-0.15, -0.1) is 0 Å². The van der Waals surface area contributed by atoms with E-state index >= 15 is 0 Å². The minimum absolute atomic E-state index is 0.636. The number of hydrogen-bond donors (Lipinski definition) is 2. The summed E-state index contributed by atoms with van der Waals surface area (Å²) in [4.78, 5) is 2.34. The van der Waals surface area contributed by atoms with E-state index in [1.165, 1.54) is 11.3 Å². The van der Waals surface area contributed by atoms with E-state index in [0.717, 1.165) is 36.2 Å². The standard InChI is InChI=1S/C13H21N3O2S/c1-5-16-7-6-11-10(4)12(15-19(14,17)18)8(2)9(3)13(11)16/h15H,5-7H2,1-4H3,(H2,14,17,18). The molecule has 1 aromatic rings. The fourth-order valence-electron chi connectivity index (χ4n) is 2.91. The Labute approximate surface area is 115 Å². The van der Waals surface area contributed by atoms with Crippen molar-refractivity contribution in [2.24, 2.45) is 5.14 Å². The van der Waals surface area contributed by atoms with Gasteiger partial charge in [0.1, 0.15) is 0 Å². The second kappa shape index (κ2) is 4.68. The number of anilines is 2. The van der Waals surface area contributed by atoms with Crippen molar-refractivity contribution in [1.82, 2.24) is 0 Å². The van der Waals surface area contributed by atoms with Crippen molar-refractivity contribution in [3.05, 3.63) is 22.3 Å². The van der Waals surface area contributed by atoms with Crippen LogP contribution in [0.1, 0.15) is 29.2 Å². The summed E-state index contributed by atoms with van der Waals surface area (Å²) in [6.07, 6.45) is 0.954. The van der Waals surface area contributed by atoms with Crippen LogP contribution in [0.5, 0.6) is 0 Å². The van der Waals surface area contributed by atoms with Crippen molar-refractivity contribution >= 4 is 21.6 Å². The van der Waals surface area contributed by atoms with Crippen molar-refractivity contribution < 1.29 is 8.42 Å². The Morgan fingerprint density at radius 2 is 1.84 bits per heavy atom. The van der Waals surface area contributed by atoms with E-state index in [4.69, 9.17) is 5.14 Å². The molecule has 0 radical (unpaired) electrons. The quantitative estimate of drug-likeness (QED) is 0.885.